The highest BCUT2D eigenvalue weighted by atomic mass is 19.1. The average Bonchev–Trinajstić information content (AvgIpc) is 3.38. The predicted molar refractivity (Wildman–Crippen MR) is 134 cm³/mol. The van der Waals surface area contributed by atoms with Crippen LogP contribution in [-0.4, -0.2) is 56.2 Å². The fourth-order valence-corrected chi connectivity index (χ4v) is 4.53. The summed E-state index contributed by atoms with van der Waals surface area (Å²) in [6, 6.07) is 21.2. The second-order valence-corrected chi connectivity index (χ2v) is 8.66. The van der Waals surface area contributed by atoms with E-state index in [1.165, 1.54) is 23.9 Å². The molecule has 5 rings (SSSR count). The van der Waals surface area contributed by atoms with Gasteiger partial charge in [-0.25, -0.2) is 4.39 Å². The molecule has 2 N–H and O–H groups in total. The van der Waals surface area contributed by atoms with Crippen LogP contribution < -0.4 is 25.0 Å². The zero-order valence-corrected chi connectivity index (χ0v) is 19.7. The van der Waals surface area contributed by atoms with Crippen LogP contribution in [0.2, 0.25) is 0 Å². The lowest BCUT2D eigenvalue weighted by Crippen LogP contribution is -2.50. The molecule has 0 bridgehead atoms. The molecule has 3 aromatic carbocycles. The van der Waals surface area contributed by atoms with Gasteiger partial charge < -0.3 is 25.0 Å². The first-order valence-electron chi connectivity index (χ1n) is 11.9. The molecule has 2 heterocycles. The minimum absolute atomic E-state index is 0.177. The standard InChI is InChI=1S/C27H27FN4O4/c28-20-5-4-6-21(16-20)30-27(34)26(33)29-17-23(19-9-10-24-25(15-19)36-18-35-24)32-13-11-31(12-14-32)22-7-2-1-3-8-22/h1-10,15-16,23H,11-14,17-18H2,(H,29,33)(H,30,34)/t23-/m0/s1. The Kier molecular flexibility index (Phi) is 6.99. The molecular formula is C27H27FN4O4. The molecule has 0 radical (unpaired) electrons. The molecule has 36 heavy (non-hydrogen) atoms. The van der Waals surface area contributed by atoms with E-state index in [1.54, 1.807) is 0 Å². The zero-order chi connectivity index (χ0) is 24.9. The molecule has 9 heteroatoms. The van der Waals surface area contributed by atoms with Crippen LogP contribution in [0.3, 0.4) is 0 Å². The van der Waals surface area contributed by atoms with Crippen LogP contribution in [-0.2, 0) is 9.59 Å². The minimum atomic E-state index is -0.848. The first-order valence-corrected chi connectivity index (χ1v) is 11.9. The smallest absolute Gasteiger partial charge is 0.313 e. The predicted octanol–water partition coefficient (Wildman–Crippen LogP) is 3.17. The number of nitrogens with one attached hydrogen (secondary N) is 2. The quantitative estimate of drug-likeness (QED) is 0.517. The van der Waals surface area contributed by atoms with Crippen LogP contribution in [0.5, 0.6) is 11.5 Å². The third kappa shape index (κ3) is 5.41. The first kappa shape index (κ1) is 23.6. The topological polar surface area (TPSA) is 83.1 Å². The zero-order valence-electron chi connectivity index (χ0n) is 19.7. The van der Waals surface area contributed by atoms with Gasteiger partial charge in [0, 0.05) is 44.1 Å². The lowest BCUT2D eigenvalue weighted by molar-refractivity contribution is -0.136. The molecule has 2 aliphatic heterocycles. The number of halogens is 1. The lowest BCUT2D eigenvalue weighted by atomic mass is 10.0. The number of anilines is 2. The van der Waals surface area contributed by atoms with Gasteiger partial charge in [-0.3, -0.25) is 14.5 Å². The molecule has 0 aliphatic carbocycles. The van der Waals surface area contributed by atoms with Gasteiger partial charge in [0.25, 0.3) is 0 Å². The normalized spacial score (nSPS) is 15.9. The van der Waals surface area contributed by atoms with Crippen molar-refractivity contribution in [3.63, 3.8) is 0 Å². The Labute approximate surface area is 208 Å². The molecule has 0 unspecified atom stereocenters. The van der Waals surface area contributed by atoms with Gasteiger partial charge in [0.15, 0.2) is 11.5 Å². The summed E-state index contributed by atoms with van der Waals surface area (Å²) in [4.78, 5) is 29.6. The van der Waals surface area contributed by atoms with Gasteiger partial charge >= 0.3 is 11.8 Å². The molecule has 0 aromatic heterocycles. The summed E-state index contributed by atoms with van der Waals surface area (Å²) >= 11 is 0. The van der Waals surface area contributed by atoms with E-state index in [4.69, 9.17) is 9.47 Å². The Balaban J connectivity index is 1.27. The highest BCUT2D eigenvalue weighted by Crippen LogP contribution is 2.35. The van der Waals surface area contributed by atoms with E-state index in [2.05, 4.69) is 32.6 Å². The summed E-state index contributed by atoms with van der Waals surface area (Å²) in [6.07, 6.45) is 0. The van der Waals surface area contributed by atoms with Crippen molar-refractivity contribution in [1.82, 2.24) is 10.2 Å². The SMILES string of the molecule is O=C(NC[C@@H](c1ccc2c(c1)OCO2)N1CCN(c2ccccc2)CC1)C(=O)Nc1cccc(F)c1. The molecule has 3 aromatic rings. The summed E-state index contributed by atoms with van der Waals surface area (Å²) in [5, 5.41) is 5.19. The molecule has 1 fully saturated rings. The summed E-state index contributed by atoms with van der Waals surface area (Å²) < 4.78 is 24.4. The maximum Gasteiger partial charge on any atom is 0.313 e. The molecule has 186 valence electrons. The van der Waals surface area contributed by atoms with Gasteiger partial charge in [0.2, 0.25) is 6.79 Å². The first-order chi connectivity index (χ1) is 17.6. The maximum absolute atomic E-state index is 13.4. The van der Waals surface area contributed by atoms with E-state index in [9.17, 15) is 14.0 Å². The van der Waals surface area contributed by atoms with E-state index in [1.807, 2.05) is 36.4 Å². The van der Waals surface area contributed by atoms with Crippen molar-refractivity contribution < 1.29 is 23.5 Å². The molecule has 0 spiro atoms. The van der Waals surface area contributed by atoms with E-state index in [-0.39, 0.29) is 25.1 Å². The maximum atomic E-state index is 13.4. The van der Waals surface area contributed by atoms with Crippen LogP contribution in [0.25, 0.3) is 0 Å². The van der Waals surface area contributed by atoms with Crippen molar-refractivity contribution in [2.45, 2.75) is 6.04 Å². The summed E-state index contributed by atoms with van der Waals surface area (Å²) in [5.41, 5.74) is 2.36. The highest BCUT2D eigenvalue weighted by Gasteiger charge is 2.28. The number of carbonyl (C=O) groups excluding carboxylic acids is 2. The van der Waals surface area contributed by atoms with Gasteiger partial charge in [-0.2, -0.15) is 0 Å². The van der Waals surface area contributed by atoms with Gasteiger partial charge in [-0.15, -0.1) is 0 Å². The van der Waals surface area contributed by atoms with Crippen LogP contribution in [0.4, 0.5) is 15.8 Å². The van der Waals surface area contributed by atoms with Crippen molar-refractivity contribution in [3.8, 4) is 11.5 Å². The number of amides is 2. The third-order valence-corrected chi connectivity index (χ3v) is 6.40. The van der Waals surface area contributed by atoms with Gasteiger partial charge in [0.1, 0.15) is 5.82 Å². The highest BCUT2D eigenvalue weighted by molar-refractivity contribution is 6.39. The van der Waals surface area contributed by atoms with Crippen LogP contribution in [0.1, 0.15) is 11.6 Å². The van der Waals surface area contributed by atoms with Gasteiger partial charge in [-0.1, -0.05) is 30.3 Å². The summed E-state index contributed by atoms with van der Waals surface area (Å²) in [7, 11) is 0. The van der Waals surface area contributed by atoms with Crippen LogP contribution >= 0.6 is 0 Å². The molecule has 1 atom stereocenters. The number of carbonyl (C=O) groups is 2. The fourth-order valence-electron chi connectivity index (χ4n) is 4.53. The lowest BCUT2D eigenvalue weighted by Gasteiger charge is -2.40. The Bertz CT molecular complexity index is 1230. The number of nitrogens with zero attached hydrogens (tertiary/aromatic N) is 2. The van der Waals surface area contributed by atoms with E-state index >= 15 is 0 Å². The molecule has 0 saturated carbocycles. The number of fused-ring (bicyclic) bond motifs is 1. The van der Waals surface area contributed by atoms with Crippen molar-refractivity contribution >= 4 is 23.2 Å². The Morgan fingerprint density at radius 1 is 0.861 bits per heavy atom. The molecule has 2 amide bonds. The number of piperazine rings is 1. The minimum Gasteiger partial charge on any atom is -0.454 e. The molecular weight excluding hydrogens is 463 g/mol. The summed E-state index contributed by atoms with van der Waals surface area (Å²) in [5.74, 6) is -0.780. The van der Waals surface area contributed by atoms with Crippen molar-refractivity contribution in [1.29, 1.82) is 0 Å². The van der Waals surface area contributed by atoms with Crippen LogP contribution in [0, 0.1) is 5.82 Å². The van der Waals surface area contributed by atoms with E-state index in [0.717, 1.165) is 37.8 Å². The van der Waals surface area contributed by atoms with Crippen molar-refractivity contribution in [2.24, 2.45) is 0 Å². The van der Waals surface area contributed by atoms with Crippen LogP contribution in [0.15, 0.2) is 72.8 Å². The second kappa shape index (κ2) is 10.7. The fraction of sp³-hybridized carbons (Fsp3) is 0.259. The summed E-state index contributed by atoms with van der Waals surface area (Å²) in [6.45, 7) is 3.62. The average molecular weight is 491 g/mol. The third-order valence-electron chi connectivity index (χ3n) is 6.40. The molecule has 8 nitrogen and oxygen atoms in total. The van der Waals surface area contributed by atoms with Gasteiger partial charge in [-0.05, 0) is 48.0 Å². The number of benzene rings is 3. The molecule has 1 saturated heterocycles. The van der Waals surface area contributed by atoms with Gasteiger partial charge in [0.05, 0.1) is 6.04 Å². The number of hydrogen-bond acceptors (Lipinski definition) is 6. The molecule has 2 aliphatic rings. The van der Waals surface area contributed by atoms with E-state index < -0.39 is 17.6 Å². The Morgan fingerprint density at radius 2 is 1.64 bits per heavy atom. The Morgan fingerprint density at radius 3 is 2.42 bits per heavy atom. The monoisotopic (exact) mass is 490 g/mol. The largest absolute Gasteiger partial charge is 0.454 e. The van der Waals surface area contributed by atoms with Crippen molar-refractivity contribution in [2.75, 3.05) is 49.7 Å². The van der Waals surface area contributed by atoms with E-state index in [0.29, 0.717) is 11.5 Å². The Hall–Kier alpha value is -4.11. The number of hydrogen-bond donors (Lipinski definition) is 2. The number of rotatable bonds is 6. The number of ether oxygens (including phenoxy) is 2. The van der Waals surface area contributed by atoms with Crippen molar-refractivity contribution in [3.05, 3.63) is 84.2 Å². The number of para-hydroxylation sites is 1. The second-order valence-electron chi connectivity index (χ2n) is 8.66.